The normalized spacial score (nSPS) is 10.5. The van der Waals surface area contributed by atoms with E-state index in [-0.39, 0.29) is 0 Å². The Balaban J connectivity index is 2.71. The van der Waals surface area contributed by atoms with E-state index in [0.29, 0.717) is 45.6 Å². The highest BCUT2D eigenvalue weighted by atomic mass is 16.5. The van der Waals surface area contributed by atoms with Gasteiger partial charge in [0.15, 0.2) is 6.10 Å². The molecule has 0 atom stereocenters. The van der Waals surface area contributed by atoms with E-state index in [2.05, 4.69) is 0 Å². The molecule has 0 aliphatic carbocycles. The summed E-state index contributed by atoms with van der Waals surface area (Å²) in [6.45, 7) is 0. The molecular formula is C19H23O7. The summed E-state index contributed by atoms with van der Waals surface area (Å²) >= 11 is 0. The standard InChI is InChI=1S/C19H23O7/c1-21-11-7-13(23-3)17(14(8-11)24-4)19(20)18-15(25-5)9-12(22-2)10-16(18)26-6/h7-10,19H,1-6H3. The van der Waals surface area contributed by atoms with Crippen LogP contribution >= 0.6 is 0 Å². The van der Waals surface area contributed by atoms with Crippen LogP contribution in [0, 0.1) is 0 Å². The molecule has 141 valence electrons. The number of hydrogen-bond donors (Lipinski definition) is 0. The Labute approximate surface area is 153 Å². The molecule has 0 aromatic heterocycles. The fourth-order valence-electron chi connectivity index (χ4n) is 2.73. The lowest BCUT2D eigenvalue weighted by Crippen LogP contribution is -2.08. The van der Waals surface area contributed by atoms with Crippen LogP contribution in [0.25, 0.3) is 0 Å². The van der Waals surface area contributed by atoms with Crippen LogP contribution in [0.5, 0.6) is 34.5 Å². The van der Waals surface area contributed by atoms with E-state index in [9.17, 15) is 5.11 Å². The van der Waals surface area contributed by atoms with Gasteiger partial charge < -0.3 is 28.4 Å². The Bertz CT molecular complexity index is 644. The van der Waals surface area contributed by atoms with Crippen molar-refractivity contribution in [3.63, 3.8) is 0 Å². The van der Waals surface area contributed by atoms with Gasteiger partial charge in [-0.05, 0) is 0 Å². The van der Waals surface area contributed by atoms with Gasteiger partial charge in [0.2, 0.25) is 0 Å². The van der Waals surface area contributed by atoms with Gasteiger partial charge in [0.05, 0.1) is 53.8 Å². The van der Waals surface area contributed by atoms with Crippen LogP contribution in [0.3, 0.4) is 0 Å². The first-order chi connectivity index (χ1) is 12.5. The van der Waals surface area contributed by atoms with Gasteiger partial charge in [-0.25, -0.2) is 5.11 Å². The first-order valence-corrected chi connectivity index (χ1v) is 7.80. The summed E-state index contributed by atoms with van der Waals surface area (Å²) in [4.78, 5) is 0. The summed E-state index contributed by atoms with van der Waals surface area (Å²) in [5.74, 6) is 2.43. The monoisotopic (exact) mass is 363 g/mol. The van der Waals surface area contributed by atoms with E-state index in [4.69, 9.17) is 28.4 Å². The van der Waals surface area contributed by atoms with Crippen molar-refractivity contribution in [1.29, 1.82) is 0 Å². The molecule has 0 amide bonds. The van der Waals surface area contributed by atoms with Crippen LogP contribution in [-0.4, -0.2) is 42.7 Å². The molecule has 0 bridgehead atoms. The second-order valence-corrected chi connectivity index (χ2v) is 5.27. The van der Waals surface area contributed by atoms with Gasteiger partial charge in [-0.1, -0.05) is 0 Å². The lowest BCUT2D eigenvalue weighted by atomic mass is 9.97. The van der Waals surface area contributed by atoms with Gasteiger partial charge in [0.1, 0.15) is 34.5 Å². The van der Waals surface area contributed by atoms with Gasteiger partial charge in [0, 0.05) is 24.3 Å². The summed E-state index contributed by atoms with van der Waals surface area (Å²) < 4.78 is 32.1. The van der Waals surface area contributed by atoms with Crippen LogP contribution in [0.1, 0.15) is 17.2 Å². The zero-order chi connectivity index (χ0) is 19.3. The number of rotatable bonds is 8. The number of ether oxygens (including phenoxy) is 6. The Morgan fingerprint density at radius 3 is 1.00 bits per heavy atom. The molecule has 2 aromatic rings. The fourth-order valence-corrected chi connectivity index (χ4v) is 2.73. The number of hydrogen-bond acceptors (Lipinski definition) is 6. The van der Waals surface area contributed by atoms with Gasteiger partial charge in [0.25, 0.3) is 0 Å². The molecule has 2 rings (SSSR count). The summed E-state index contributed by atoms with van der Waals surface area (Å²) in [5.41, 5.74) is 0.634. The highest BCUT2D eigenvalue weighted by Gasteiger charge is 2.30. The number of methoxy groups -OCH3 is 6. The van der Waals surface area contributed by atoms with Crippen LogP contribution in [0.4, 0.5) is 0 Å². The summed E-state index contributed by atoms with van der Waals surface area (Å²) in [7, 11) is 8.97. The average molecular weight is 363 g/mol. The van der Waals surface area contributed by atoms with E-state index in [0.717, 1.165) is 0 Å². The second kappa shape index (κ2) is 8.53. The van der Waals surface area contributed by atoms with Crippen molar-refractivity contribution in [2.75, 3.05) is 42.7 Å². The predicted molar refractivity (Wildman–Crippen MR) is 94.7 cm³/mol. The van der Waals surface area contributed by atoms with Crippen LogP contribution in [-0.2, 0) is 5.11 Å². The number of benzene rings is 2. The molecular weight excluding hydrogens is 340 g/mol. The Kier molecular flexibility index (Phi) is 6.41. The van der Waals surface area contributed by atoms with Crippen molar-refractivity contribution in [1.82, 2.24) is 0 Å². The maximum absolute atomic E-state index is 13.4. The Hall–Kier alpha value is -2.80. The predicted octanol–water partition coefficient (Wildman–Crippen LogP) is 3.26. The Morgan fingerprint density at radius 1 is 0.538 bits per heavy atom. The average Bonchev–Trinajstić information content (AvgIpc) is 2.70. The highest BCUT2D eigenvalue weighted by molar-refractivity contribution is 5.60. The van der Waals surface area contributed by atoms with Crippen LogP contribution in [0.15, 0.2) is 24.3 Å². The second-order valence-electron chi connectivity index (χ2n) is 5.27. The third-order valence-electron chi connectivity index (χ3n) is 4.03. The minimum absolute atomic E-state index is 0.317. The van der Waals surface area contributed by atoms with Crippen LogP contribution in [0.2, 0.25) is 0 Å². The molecule has 2 aromatic carbocycles. The van der Waals surface area contributed by atoms with E-state index < -0.39 is 6.10 Å². The molecule has 26 heavy (non-hydrogen) atoms. The van der Waals surface area contributed by atoms with Crippen molar-refractivity contribution < 1.29 is 33.5 Å². The molecule has 0 spiro atoms. The summed E-state index contributed by atoms with van der Waals surface area (Å²) in [6, 6.07) is 6.52. The van der Waals surface area contributed by atoms with E-state index >= 15 is 0 Å². The largest absolute Gasteiger partial charge is 0.496 e. The molecule has 7 heteroatoms. The molecule has 0 heterocycles. The SMILES string of the molecule is COc1cc(OC)c(C([O])c2c(OC)cc(OC)cc2OC)c(OC)c1. The first kappa shape index (κ1) is 19.5. The summed E-state index contributed by atoms with van der Waals surface area (Å²) in [5, 5.41) is 13.4. The third kappa shape index (κ3) is 3.57. The van der Waals surface area contributed by atoms with Crippen molar-refractivity contribution in [2.24, 2.45) is 0 Å². The molecule has 0 aliphatic rings. The minimum atomic E-state index is -1.39. The highest BCUT2D eigenvalue weighted by Crippen LogP contribution is 2.47. The fraction of sp³-hybridized carbons (Fsp3) is 0.368. The van der Waals surface area contributed by atoms with Gasteiger partial charge in [-0.2, -0.15) is 0 Å². The molecule has 7 nitrogen and oxygen atoms in total. The molecule has 0 N–H and O–H groups in total. The van der Waals surface area contributed by atoms with E-state index in [1.54, 1.807) is 24.3 Å². The molecule has 1 radical (unpaired) electrons. The molecule has 0 saturated carbocycles. The Morgan fingerprint density at radius 2 is 0.808 bits per heavy atom. The minimum Gasteiger partial charge on any atom is -0.496 e. The van der Waals surface area contributed by atoms with Crippen molar-refractivity contribution in [3.05, 3.63) is 35.4 Å². The van der Waals surface area contributed by atoms with E-state index in [1.807, 2.05) is 0 Å². The lowest BCUT2D eigenvalue weighted by Gasteiger charge is -2.22. The van der Waals surface area contributed by atoms with Gasteiger partial charge >= 0.3 is 0 Å². The van der Waals surface area contributed by atoms with Gasteiger partial charge in [-0.15, -0.1) is 0 Å². The van der Waals surface area contributed by atoms with Crippen LogP contribution < -0.4 is 28.4 Å². The molecule has 0 saturated heterocycles. The molecule has 0 fully saturated rings. The maximum Gasteiger partial charge on any atom is 0.157 e. The van der Waals surface area contributed by atoms with Crippen molar-refractivity contribution in [3.8, 4) is 34.5 Å². The summed E-state index contributed by atoms with van der Waals surface area (Å²) in [6.07, 6.45) is -1.39. The van der Waals surface area contributed by atoms with Crippen molar-refractivity contribution >= 4 is 0 Å². The smallest absolute Gasteiger partial charge is 0.157 e. The third-order valence-corrected chi connectivity index (χ3v) is 4.03. The molecule has 0 aliphatic heterocycles. The topological polar surface area (TPSA) is 75.3 Å². The lowest BCUT2D eigenvalue weighted by molar-refractivity contribution is 0.113. The zero-order valence-corrected chi connectivity index (χ0v) is 15.7. The first-order valence-electron chi connectivity index (χ1n) is 7.80. The quantitative estimate of drug-likeness (QED) is 0.717. The zero-order valence-electron chi connectivity index (χ0n) is 15.7. The van der Waals surface area contributed by atoms with Crippen molar-refractivity contribution in [2.45, 2.75) is 6.10 Å². The van der Waals surface area contributed by atoms with E-state index in [1.165, 1.54) is 42.7 Å². The van der Waals surface area contributed by atoms with Gasteiger partial charge in [-0.3, -0.25) is 0 Å². The molecule has 0 unspecified atom stereocenters. The maximum atomic E-state index is 13.4.